The summed E-state index contributed by atoms with van der Waals surface area (Å²) in [6.45, 7) is 2.18. The first kappa shape index (κ1) is 10.8. The lowest BCUT2D eigenvalue weighted by atomic mass is 10.1. The van der Waals surface area contributed by atoms with Crippen molar-refractivity contribution in [2.75, 3.05) is 5.84 Å². The van der Waals surface area contributed by atoms with Crippen LogP contribution in [-0.2, 0) is 6.42 Å². The Morgan fingerprint density at radius 1 is 1.36 bits per heavy atom. The maximum absolute atomic E-state index is 10.9. The zero-order chi connectivity index (χ0) is 10.4. The maximum atomic E-state index is 10.9. The minimum Gasteiger partial charge on any atom is -0.320 e. The first-order valence-corrected chi connectivity index (χ1v) is 5.08. The largest absolute Gasteiger partial charge is 0.320 e. The summed E-state index contributed by atoms with van der Waals surface area (Å²) in [7, 11) is 0. The van der Waals surface area contributed by atoms with Crippen molar-refractivity contribution in [2.45, 2.75) is 39.0 Å². The minimum absolute atomic E-state index is 0.262. The van der Waals surface area contributed by atoms with Crippen molar-refractivity contribution in [3.63, 3.8) is 0 Å². The maximum Gasteiger partial charge on any atom is 0.285 e. The quantitative estimate of drug-likeness (QED) is 0.565. The lowest BCUT2D eigenvalue weighted by molar-refractivity contribution is 0.640. The molecule has 0 aliphatic heterocycles. The number of aromatic nitrogens is 2. The Bertz CT molecular complexity index is 332. The van der Waals surface area contributed by atoms with Crippen molar-refractivity contribution in [1.82, 2.24) is 9.89 Å². The molecule has 0 aliphatic rings. The summed E-state index contributed by atoms with van der Waals surface area (Å²) in [6.07, 6.45) is 5.70. The van der Waals surface area contributed by atoms with Crippen LogP contribution in [0.4, 0.5) is 0 Å². The van der Waals surface area contributed by atoms with E-state index in [0.717, 1.165) is 23.3 Å². The predicted octanol–water partition coefficient (Wildman–Crippen LogP) is 1.08. The third-order valence-electron chi connectivity index (χ3n) is 2.17. The van der Waals surface area contributed by atoms with Crippen molar-refractivity contribution in [3.8, 4) is 0 Å². The van der Waals surface area contributed by atoms with Crippen LogP contribution in [0.5, 0.6) is 0 Å². The molecule has 78 valence electrons. The Morgan fingerprint density at radius 2 is 2.14 bits per heavy atom. The van der Waals surface area contributed by atoms with Crippen molar-refractivity contribution < 1.29 is 0 Å². The number of hydrogen-bond donors (Lipinski definition) is 1. The van der Waals surface area contributed by atoms with Gasteiger partial charge in [-0.05, 0) is 18.9 Å². The molecule has 2 N–H and O–H groups in total. The van der Waals surface area contributed by atoms with E-state index in [1.165, 1.54) is 25.3 Å². The summed E-state index contributed by atoms with van der Waals surface area (Å²) in [5.41, 5.74) is 0.630. The fourth-order valence-electron chi connectivity index (χ4n) is 1.33. The molecule has 1 heterocycles. The molecule has 0 fully saturated rings. The topological polar surface area (TPSA) is 60.9 Å². The molecule has 0 saturated heterocycles. The SMILES string of the molecule is CCCCCCc1ccc(=O)n(N)n1. The molecule has 0 spiro atoms. The highest BCUT2D eigenvalue weighted by Crippen LogP contribution is 2.03. The van der Waals surface area contributed by atoms with Gasteiger partial charge in [-0.3, -0.25) is 4.79 Å². The van der Waals surface area contributed by atoms with Gasteiger partial charge in [-0.15, -0.1) is 4.79 Å². The van der Waals surface area contributed by atoms with Crippen LogP contribution >= 0.6 is 0 Å². The highest BCUT2D eigenvalue weighted by atomic mass is 16.1. The molecule has 0 saturated carbocycles. The van der Waals surface area contributed by atoms with Crippen LogP contribution in [0.1, 0.15) is 38.3 Å². The monoisotopic (exact) mass is 195 g/mol. The second-order valence-electron chi connectivity index (χ2n) is 3.42. The molecule has 4 nitrogen and oxygen atoms in total. The second-order valence-corrected chi connectivity index (χ2v) is 3.42. The molecular formula is C10H17N3O. The fourth-order valence-corrected chi connectivity index (χ4v) is 1.33. The van der Waals surface area contributed by atoms with Crippen LogP contribution in [0.3, 0.4) is 0 Å². The fraction of sp³-hybridized carbons (Fsp3) is 0.600. The molecule has 0 atom stereocenters. The van der Waals surface area contributed by atoms with Crippen LogP contribution in [0, 0.1) is 0 Å². The van der Waals surface area contributed by atoms with E-state index in [-0.39, 0.29) is 5.56 Å². The average Bonchev–Trinajstić information content (AvgIpc) is 2.18. The number of aryl methyl sites for hydroxylation is 1. The average molecular weight is 195 g/mol. The van der Waals surface area contributed by atoms with Gasteiger partial charge in [0.25, 0.3) is 5.56 Å². The molecule has 0 unspecified atom stereocenters. The van der Waals surface area contributed by atoms with Crippen LogP contribution in [0.25, 0.3) is 0 Å². The molecule has 0 aromatic carbocycles. The normalized spacial score (nSPS) is 10.4. The molecule has 1 aromatic rings. The van der Waals surface area contributed by atoms with Crippen molar-refractivity contribution >= 4 is 0 Å². The van der Waals surface area contributed by atoms with E-state index in [1.54, 1.807) is 6.07 Å². The lowest BCUT2D eigenvalue weighted by Crippen LogP contribution is -2.29. The summed E-state index contributed by atoms with van der Waals surface area (Å²) >= 11 is 0. The van der Waals surface area contributed by atoms with Gasteiger partial charge in [-0.2, -0.15) is 5.10 Å². The molecule has 0 amide bonds. The lowest BCUT2D eigenvalue weighted by Gasteiger charge is -2.01. The van der Waals surface area contributed by atoms with E-state index in [1.807, 2.05) is 0 Å². The van der Waals surface area contributed by atoms with Gasteiger partial charge in [0, 0.05) is 6.07 Å². The van der Waals surface area contributed by atoms with Gasteiger partial charge in [0.15, 0.2) is 0 Å². The van der Waals surface area contributed by atoms with Gasteiger partial charge in [0.05, 0.1) is 5.69 Å². The highest BCUT2D eigenvalue weighted by molar-refractivity contribution is 5.00. The summed E-state index contributed by atoms with van der Waals surface area (Å²) in [5, 5.41) is 3.95. The Kier molecular flexibility index (Phi) is 4.16. The van der Waals surface area contributed by atoms with Crippen LogP contribution < -0.4 is 11.4 Å². The number of nitrogens with two attached hydrogens (primary N) is 1. The zero-order valence-corrected chi connectivity index (χ0v) is 8.57. The molecule has 0 radical (unpaired) electrons. The number of hydrogen-bond acceptors (Lipinski definition) is 3. The van der Waals surface area contributed by atoms with E-state index in [2.05, 4.69) is 12.0 Å². The van der Waals surface area contributed by atoms with E-state index in [9.17, 15) is 4.79 Å². The summed E-state index contributed by atoms with van der Waals surface area (Å²) in [6, 6.07) is 3.21. The van der Waals surface area contributed by atoms with Gasteiger partial charge in [0.2, 0.25) is 0 Å². The molecule has 0 bridgehead atoms. The Morgan fingerprint density at radius 3 is 2.79 bits per heavy atom. The third-order valence-corrected chi connectivity index (χ3v) is 2.17. The summed E-state index contributed by atoms with van der Waals surface area (Å²) in [5.74, 6) is 5.34. The smallest absolute Gasteiger partial charge is 0.285 e. The van der Waals surface area contributed by atoms with Crippen LogP contribution in [0.15, 0.2) is 16.9 Å². The molecular weight excluding hydrogens is 178 g/mol. The third kappa shape index (κ3) is 3.20. The standard InChI is InChI=1S/C10H17N3O/c1-2-3-4-5-6-9-7-8-10(14)13(11)12-9/h7-8H,2-6,11H2,1H3. The van der Waals surface area contributed by atoms with Crippen LogP contribution in [0.2, 0.25) is 0 Å². The number of nitrogen functional groups attached to an aromatic ring is 1. The van der Waals surface area contributed by atoms with Gasteiger partial charge in [-0.1, -0.05) is 26.2 Å². The Hall–Kier alpha value is -1.32. The van der Waals surface area contributed by atoms with Crippen LogP contribution in [-0.4, -0.2) is 9.89 Å². The van der Waals surface area contributed by atoms with Crippen molar-refractivity contribution in [2.24, 2.45) is 0 Å². The molecule has 1 rings (SSSR count). The van der Waals surface area contributed by atoms with Crippen molar-refractivity contribution in [1.29, 1.82) is 0 Å². The first-order chi connectivity index (χ1) is 6.74. The second kappa shape index (κ2) is 5.42. The first-order valence-electron chi connectivity index (χ1n) is 5.08. The van der Waals surface area contributed by atoms with Gasteiger partial charge in [-0.25, -0.2) is 0 Å². The van der Waals surface area contributed by atoms with E-state index < -0.39 is 0 Å². The summed E-state index contributed by atoms with van der Waals surface area (Å²) in [4.78, 5) is 11.8. The number of unbranched alkanes of at least 4 members (excludes halogenated alkanes) is 3. The minimum atomic E-state index is -0.262. The number of nitrogens with zero attached hydrogens (tertiary/aromatic N) is 2. The Balaban J connectivity index is 2.43. The highest BCUT2D eigenvalue weighted by Gasteiger charge is 1.97. The van der Waals surface area contributed by atoms with E-state index >= 15 is 0 Å². The number of rotatable bonds is 5. The Labute approximate surface area is 83.7 Å². The van der Waals surface area contributed by atoms with E-state index in [0.29, 0.717) is 0 Å². The molecule has 4 heteroatoms. The van der Waals surface area contributed by atoms with Gasteiger partial charge in [0.1, 0.15) is 0 Å². The molecule has 14 heavy (non-hydrogen) atoms. The molecule has 1 aromatic heterocycles. The van der Waals surface area contributed by atoms with E-state index in [4.69, 9.17) is 5.84 Å². The summed E-state index contributed by atoms with van der Waals surface area (Å²) < 4.78 is 0. The van der Waals surface area contributed by atoms with Gasteiger partial charge >= 0.3 is 0 Å². The predicted molar refractivity (Wildman–Crippen MR) is 56.5 cm³/mol. The van der Waals surface area contributed by atoms with Crippen molar-refractivity contribution in [3.05, 3.63) is 28.2 Å². The van der Waals surface area contributed by atoms with Gasteiger partial charge < -0.3 is 5.84 Å². The zero-order valence-electron chi connectivity index (χ0n) is 8.57. The molecule has 0 aliphatic carbocycles.